The monoisotopic (exact) mass is 429 g/mol. The fourth-order valence-electron chi connectivity index (χ4n) is 4.96. The predicted octanol–water partition coefficient (Wildman–Crippen LogP) is 3.84. The normalized spacial score (nSPS) is 26.3. The lowest BCUT2D eigenvalue weighted by atomic mass is 9.67. The molecule has 1 spiro atoms. The van der Waals surface area contributed by atoms with E-state index in [4.69, 9.17) is 0 Å². The zero-order chi connectivity index (χ0) is 22.4. The Morgan fingerprint density at radius 3 is 2.29 bits per heavy atom. The van der Waals surface area contributed by atoms with E-state index >= 15 is 0 Å². The number of rotatable bonds is 5. The minimum Gasteiger partial charge on any atom is -0.334 e. The highest BCUT2D eigenvalue weighted by Gasteiger charge is 2.54. The summed E-state index contributed by atoms with van der Waals surface area (Å²) in [5, 5.41) is 2.91. The molecule has 1 saturated heterocycles. The maximum absolute atomic E-state index is 13.2. The molecule has 1 N–H and O–H groups in total. The van der Waals surface area contributed by atoms with Gasteiger partial charge in [-0.05, 0) is 67.6 Å². The zero-order valence-electron chi connectivity index (χ0n) is 18.6. The number of carbonyl (C=O) groups is 3. The molecule has 0 unspecified atom stereocenters. The Kier molecular flexibility index (Phi) is 5.56. The van der Waals surface area contributed by atoms with Gasteiger partial charge in [0, 0.05) is 12.6 Å². The van der Waals surface area contributed by atoms with Gasteiger partial charge >= 0.3 is 6.03 Å². The highest BCUT2D eigenvalue weighted by atomic mass is 19.1. The van der Waals surface area contributed by atoms with Crippen molar-refractivity contribution in [2.75, 3.05) is 6.54 Å². The molecule has 3 aliphatic rings. The molecule has 2 saturated carbocycles. The van der Waals surface area contributed by atoms with E-state index in [2.05, 4.69) is 26.1 Å². The quantitative estimate of drug-likeness (QED) is 0.723. The van der Waals surface area contributed by atoms with E-state index in [-0.39, 0.29) is 35.6 Å². The van der Waals surface area contributed by atoms with E-state index < -0.39 is 11.6 Å². The smallest absolute Gasteiger partial charge is 0.325 e. The maximum atomic E-state index is 13.2. The molecule has 4 amide bonds. The largest absolute Gasteiger partial charge is 0.334 e. The van der Waals surface area contributed by atoms with Crippen molar-refractivity contribution in [2.24, 2.45) is 11.3 Å². The molecule has 0 aromatic heterocycles. The molecule has 3 fully saturated rings. The number of benzene rings is 1. The molecule has 2 aliphatic carbocycles. The van der Waals surface area contributed by atoms with Gasteiger partial charge in [0.2, 0.25) is 5.91 Å². The van der Waals surface area contributed by atoms with Crippen LogP contribution in [0.15, 0.2) is 24.3 Å². The summed E-state index contributed by atoms with van der Waals surface area (Å²) in [6, 6.07) is 5.72. The standard InChI is InChI=1S/C24H32FN3O3/c1-23(2,3)17-10-12-24(13-11-17)21(30)28(22(31)26-24)15-20(29)27(19-8-9-19)14-16-4-6-18(25)7-5-16/h4-7,17,19H,8-15H2,1-3H3,(H,26,31). The number of hydrogen-bond acceptors (Lipinski definition) is 3. The molecule has 1 aromatic carbocycles. The summed E-state index contributed by atoms with van der Waals surface area (Å²) in [5.41, 5.74) is 0.143. The SMILES string of the molecule is CC(C)(C)C1CCC2(CC1)NC(=O)N(CC(=O)N(Cc1ccc(F)cc1)C1CC1)C2=O. The van der Waals surface area contributed by atoms with Gasteiger partial charge < -0.3 is 10.2 Å². The van der Waals surface area contributed by atoms with Crippen molar-refractivity contribution in [2.45, 2.75) is 77.4 Å². The molecule has 1 aliphatic heterocycles. The molecule has 0 atom stereocenters. The molecule has 1 heterocycles. The van der Waals surface area contributed by atoms with Gasteiger partial charge in [-0.25, -0.2) is 9.18 Å². The number of halogens is 1. The Hall–Kier alpha value is -2.44. The zero-order valence-corrected chi connectivity index (χ0v) is 18.6. The summed E-state index contributed by atoms with van der Waals surface area (Å²) >= 11 is 0. The van der Waals surface area contributed by atoms with Crippen molar-refractivity contribution in [3.63, 3.8) is 0 Å². The summed E-state index contributed by atoms with van der Waals surface area (Å²) < 4.78 is 13.2. The van der Waals surface area contributed by atoms with E-state index in [9.17, 15) is 18.8 Å². The van der Waals surface area contributed by atoms with E-state index in [1.807, 2.05) is 0 Å². The molecule has 6 nitrogen and oxygen atoms in total. The Morgan fingerprint density at radius 2 is 1.74 bits per heavy atom. The van der Waals surface area contributed by atoms with Gasteiger partial charge in [0.15, 0.2) is 0 Å². The van der Waals surface area contributed by atoms with Gasteiger partial charge in [-0.15, -0.1) is 0 Å². The summed E-state index contributed by atoms with van der Waals surface area (Å²) in [6.07, 6.45) is 4.82. The van der Waals surface area contributed by atoms with E-state index in [0.717, 1.165) is 36.1 Å². The molecule has 0 bridgehead atoms. The van der Waals surface area contributed by atoms with Crippen LogP contribution in [0.1, 0.15) is 64.9 Å². The van der Waals surface area contributed by atoms with Gasteiger partial charge in [0.1, 0.15) is 17.9 Å². The van der Waals surface area contributed by atoms with Gasteiger partial charge in [-0.2, -0.15) is 0 Å². The number of carbonyl (C=O) groups excluding carboxylic acids is 3. The second-order valence-electron chi connectivity index (χ2n) is 10.4. The summed E-state index contributed by atoms with van der Waals surface area (Å²) in [4.78, 5) is 41.8. The van der Waals surface area contributed by atoms with Gasteiger partial charge in [-0.3, -0.25) is 14.5 Å². The number of hydrogen-bond donors (Lipinski definition) is 1. The van der Waals surface area contributed by atoms with Crippen molar-refractivity contribution >= 4 is 17.8 Å². The maximum Gasteiger partial charge on any atom is 0.325 e. The van der Waals surface area contributed by atoms with Crippen molar-refractivity contribution in [1.82, 2.24) is 15.1 Å². The summed E-state index contributed by atoms with van der Waals surface area (Å²) in [5.74, 6) is -0.315. The minimum atomic E-state index is -0.861. The first-order chi connectivity index (χ1) is 14.6. The first-order valence-electron chi connectivity index (χ1n) is 11.3. The van der Waals surface area contributed by atoms with Crippen LogP contribution in [0.5, 0.6) is 0 Å². The molecule has 31 heavy (non-hydrogen) atoms. The lowest BCUT2D eigenvalue weighted by molar-refractivity contribution is -0.140. The van der Waals surface area contributed by atoms with Crippen LogP contribution in [0.25, 0.3) is 0 Å². The van der Waals surface area contributed by atoms with Gasteiger partial charge in [-0.1, -0.05) is 32.9 Å². The van der Waals surface area contributed by atoms with Crippen molar-refractivity contribution in [1.29, 1.82) is 0 Å². The molecule has 4 rings (SSSR count). The summed E-state index contributed by atoms with van der Waals surface area (Å²) in [6.45, 7) is 6.74. The Morgan fingerprint density at radius 1 is 1.13 bits per heavy atom. The van der Waals surface area contributed by atoms with Crippen molar-refractivity contribution in [3.05, 3.63) is 35.6 Å². The van der Waals surface area contributed by atoms with Crippen LogP contribution < -0.4 is 5.32 Å². The molecule has 0 radical (unpaired) electrons. The van der Waals surface area contributed by atoms with Crippen LogP contribution >= 0.6 is 0 Å². The van der Waals surface area contributed by atoms with Crippen LogP contribution in [0.4, 0.5) is 9.18 Å². The van der Waals surface area contributed by atoms with Crippen LogP contribution in [0.3, 0.4) is 0 Å². The average Bonchev–Trinajstić information content (AvgIpc) is 3.52. The van der Waals surface area contributed by atoms with Crippen LogP contribution in [-0.4, -0.2) is 45.8 Å². The van der Waals surface area contributed by atoms with Crippen LogP contribution in [-0.2, 0) is 16.1 Å². The highest BCUT2D eigenvalue weighted by Crippen LogP contribution is 2.43. The van der Waals surface area contributed by atoms with E-state index in [0.29, 0.717) is 25.3 Å². The molecule has 7 heteroatoms. The van der Waals surface area contributed by atoms with Gasteiger partial charge in [0.05, 0.1) is 0 Å². The third kappa shape index (κ3) is 4.46. The number of urea groups is 1. The fraction of sp³-hybridized carbons (Fsp3) is 0.625. The Labute approximate surface area is 183 Å². The highest BCUT2D eigenvalue weighted by molar-refractivity contribution is 6.09. The van der Waals surface area contributed by atoms with Crippen LogP contribution in [0.2, 0.25) is 0 Å². The number of amides is 4. The Balaban J connectivity index is 1.42. The predicted molar refractivity (Wildman–Crippen MR) is 114 cm³/mol. The van der Waals surface area contributed by atoms with E-state index in [1.165, 1.54) is 12.1 Å². The molecular formula is C24H32FN3O3. The van der Waals surface area contributed by atoms with E-state index in [1.54, 1.807) is 17.0 Å². The van der Waals surface area contributed by atoms with Crippen molar-refractivity contribution in [3.8, 4) is 0 Å². The Bertz CT molecular complexity index is 865. The van der Waals surface area contributed by atoms with Gasteiger partial charge in [0.25, 0.3) is 5.91 Å². The van der Waals surface area contributed by atoms with Crippen LogP contribution in [0, 0.1) is 17.2 Å². The van der Waals surface area contributed by atoms with Crippen molar-refractivity contribution < 1.29 is 18.8 Å². The first kappa shape index (κ1) is 21.8. The number of imide groups is 1. The average molecular weight is 430 g/mol. The topological polar surface area (TPSA) is 69.7 Å². The fourth-order valence-corrected chi connectivity index (χ4v) is 4.96. The third-order valence-corrected chi connectivity index (χ3v) is 7.18. The minimum absolute atomic E-state index is 0.120. The molecule has 168 valence electrons. The second kappa shape index (κ2) is 7.92. The third-order valence-electron chi connectivity index (χ3n) is 7.18. The summed E-state index contributed by atoms with van der Waals surface area (Å²) in [7, 11) is 0. The lowest BCUT2D eigenvalue weighted by Crippen LogP contribution is -2.51. The lowest BCUT2D eigenvalue weighted by Gasteiger charge is -2.40. The number of nitrogens with one attached hydrogen (secondary N) is 1. The number of nitrogens with zero attached hydrogens (tertiary/aromatic N) is 2. The second-order valence-corrected chi connectivity index (χ2v) is 10.4. The molecular weight excluding hydrogens is 397 g/mol. The first-order valence-corrected chi connectivity index (χ1v) is 11.3. The molecule has 1 aromatic rings.